The Morgan fingerprint density at radius 3 is 2.57 bits per heavy atom. The monoisotopic (exact) mass is 372 g/mol. The Kier molecular flexibility index (Phi) is 3.21. The van der Waals surface area contributed by atoms with Crippen LogP contribution in [0.3, 0.4) is 0 Å². The largest absolute Gasteiger partial charge is 0.463 e. The maximum atomic E-state index is 11.6. The Bertz CT molecular complexity index is 1180. The number of para-hydroxylation sites is 1. The van der Waals surface area contributed by atoms with Gasteiger partial charge in [-0.1, -0.05) is 36.4 Å². The number of nitro groups is 1. The molecule has 2 aliphatic rings. The van der Waals surface area contributed by atoms with E-state index in [0.717, 1.165) is 16.6 Å². The second-order valence-corrected chi connectivity index (χ2v) is 7.94. The molecule has 3 aromatic carbocycles. The Morgan fingerprint density at radius 1 is 1.04 bits per heavy atom. The van der Waals surface area contributed by atoms with E-state index < -0.39 is 5.72 Å². The van der Waals surface area contributed by atoms with Gasteiger partial charge >= 0.3 is 0 Å². The second-order valence-electron chi connectivity index (χ2n) is 7.94. The van der Waals surface area contributed by atoms with Gasteiger partial charge in [0.05, 0.1) is 15.7 Å². The van der Waals surface area contributed by atoms with Gasteiger partial charge in [-0.2, -0.15) is 0 Å². The van der Waals surface area contributed by atoms with Gasteiger partial charge in [0, 0.05) is 24.4 Å². The van der Waals surface area contributed by atoms with Crippen molar-refractivity contribution < 1.29 is 9.66 Å². The van der Waals surface area contributed by atoms with Crippen LogP contribution in [0.2, 0.25) is 0 Å². The van der Waals surface area contributed by atoms with Crippen LogP contribution in [-0.2, 0) is 5.41 Å². The standard InChI is InChI=1S/C23H20N2O3/c1-22(2)17-8-4-5-9-18(17)24(3)23(22)14-13-16-20(28-23)12-11-15-7-6-10-19(21(15)16)25(26)27/h4-14H,1-3H3. The van der Waals surface area contributed by atoms with Gasteiger partial charge in [0.15, 0.2) is 0 Å². The van der Waals surface area contributed by atoms with Crippen molar-refractivity contribution in [2.24, 2.45) is 0 Å². The summed E-state index contributed by atoms with van der Waals surface area (Å²) < 4.78 is 6.65. The minimum absolute atomic E-state index is 0.0980. The molecular formula is C23H20N2O3. The number of likely N-dealkylation sites (N-methyl/N-ethyl adjacent to an activating group) is 1. The van der Waals surface area contributed by atoms with Crippen molar-refractivity contribution in [3.8, 4) is 5.75 Å². The van der Waals surface area contributed by atoms with Gasteiger partial charge in [-0.25, -0.2) is 0 Å². The van der Waals surface area contributed by atoms with Crippen molar-refractivity contribution in [2.75, 3.05) is 11.9 Å². The van der Waals surface area contributed by atoms with Crippen LogP contribution in [0.5, 0.6) is 5.75 Å². The molecule has 5 nitrogen and oxygen atoms in total. The van der Waals surface area contributed by atoms with Gasteiger partial charge in [-0.3, -0.25) is 10.1 Å². The lowest BCUT2D eigenvalue weighted by Gasteiger charge is -2.45. The fourth-order valence-corrected chi connectivity index (χ4v) is 4.77. The average Bonchev–Trinajstić information content (AvgIpc) is 2.86. The fraction of sp³-hybridized carbons (Fsp3) is 0.217. The number of nitro benzene ring substituents is 1. The van der Waals surface area contributed by atoms with E-state index in [0.29, 0.717) is 11.1 Å². The molecule has 0 aromatic heterocycles. The van der Waals surface area contributed by atoms with Crippen LogP contribution in [0.4, 0.5) is 11.4 Å². The summed E-state index contributed by atoms with van der Waals surface area (Å²) in [6.45, 7) is 4.35. The predicted molar refractivity (Wildman–Crippen MR) is 111 cm³/mol. The Balaban J connectivity index is 1.74. The number of hydrogen-bond donors (Lipinski definition) is 0. The van der Waals surface area contributed by atoms with Gasteiger partial charge in [0.25, 0.3) is 5.69 Å². The lowest BCUT2D eigenvalue weighted by molar-refractivity contribution is -0.383. The van der Waals surface area contributed by atoms with Gasteiger partial charge < -0.3 is 9.64 Å². The number of benzene rings is 3. The van der Waals surface area contributed by atoms with E-state index >= 15 is 0 Å². The van der Waals surface area contributed by atoms with Gasteiger partial charge in [0.2, 0.25) is 5.72 Å². The summed E-state index contributed by atoms with van der Waals surface area (Å²) in [7, 11) is 2.03. The summed E-state index contributed by atoms with van der Waals surface area (Å²) in [5.74, 6) is 0.664. The highest BCUT2D eigenvalue weighted by atomic mass is 16.6. The molecule has 5 rings (SSSR count). The summed E-state index contributed by atoms with van der Waals surface area (Å²) in [6, 6.07) is 17.3. The summed E-state index contributed by atoms with van der Waals surface area (Å²) in [5, 5.41) is 13.0. The maximum absolute atomic E-state index is 11.6. The molecule has 0 saturated heterocycles. The molecule has 28 heavy (non-hydrogen) atoms. The van der Waals surface area contributed by atoms with Crippen LogP contribution in [0.1, 0.15) is 25.0 Å². The molecule has 0 fully saturated rings. The molecular weight excluding hydrogens is 352 g/mol. The first kappa shape index (κ1) is 16.8. The second kappa shape index (κ2) is 5.35. The minimum atomic E-state index is -0.694. The van der Waals surface area contributed by atoms with E-state index in [9.17, 15) is 10.1 Å². The minimum Gasteiger partial charge on any atom is -0.463 e. The number of non-ortho nitro benzene ring substituents is 1. The lowest BCUT2D eigenvalue weighted by atomic mass is 9.76. The number of nitrogens with zero attached hydrogens (tertiary/aromatic N) is 2. The van der Waals surface area contributed by atoms with Crippen LogP contribution < -0.4 is 9.64 Å². The molecule has 1 unspecified atom stereocenters. The van der Waals surface area contributed by atoms with Gasteiger partial charge in [0.1, 0.15) is 5.75 Å². The molecule has 1 atom stereocenters. The van der Waals surface area contributed by atoms with E-state index in [1.54, 1.807) is 12.1 Å². The first-order chi connectivity index (χ1) is 13.4. The number of ether oxygens (including phenoxy) is 1. The number of hydrogen-bond acceptors (Lipinski definition) is 4. The quantitative estimate of drug-likeness (QED) is 0.431. The molecule has 0 aliphatic carbocycles. The summed E-state index contributed by atoms with van der Waals surface area (Å²) in [6.07, 6.45) is 4.03. The molecule has 0 amide bonds. The van der Waals surface area contributed by atoms with Crippen molar-refractivity contribution in [1.82, 2.24) is 0 Å². The van der Waals surface area contributed by atoms with E-state index in [1.807, 2.05) is 49.5 Å². The van der Waals surface area contributed by atoms with Crippen molar-refractivity contribution in [3.63, 3.8) is 0 Å². The molecule has 1 spiro atoms. The first-order valence-corrected chi connectivity index (χ1v) is 9.28. The highest BCUT2D eigenvalue weighted by Crippen LogP contribution is 2.54. The third kappa shape index (κ3) is 1.91. The van der Waals surface area contributed by atoms with Crippen molar-refractivity contribution in [2.45, 2.75) is 25.0 Å². The van der Waals surface area contributed by atoms with Crippen LogP contribution in [-0.4, -0.2) is 17.7 Å². The smallest absolute Gasteiger partial charge is 0.277 e. The number of anilines is 1. The van der Waals surface area contributed by atoms with Gasteiger partial charge in [-0.15, -0.1) is 0 Å². The molecule has 140 valence electrons. The van der Waals surface area contributed by atoms with E-state index in [2.05, 4.69) is 30.9 Å². The van der Waals surface area contributed by atoms with E-state index in [-0.39, 0.29) is 16.0 Å². The predicted octanol–water partition coefficient (Wildman–Crippen LogP) is 5.28. The Labute approximate surface area is 163 Å². The molecule has 5 heteroatoms. The zero-order chi connectivity index (χ0) is 19.7. The molecule has 2 heterocycles. The van der Waals surface area contributed by atoms with E-state index in [1.165, 1.54) is 5.56 Å². The summed E-state index contributed by atoms with van der Waals surface area (Å²) in [4.78, 5) is 13.4. The SMILES string of the molecule is CN1c2ccccc2C(C)(C)C12C=Cc1c(ccc3cccc([N+](=O)[O-])c13)O2. The molecule has 0 saturated carbocycles. The fourth-order valence-electron chi connectivity index (χ4n) is 4.77. The Hall–Kier alpha value is -3.34. The van der Waals surface area contributed by atoms with Crippen molar-refractivity contribution >= 4 is 28.2 Å². The molecule has 0 bridgehead atoms. The molecule has 0 radical (unpaired) electrons. The topological polar surface area (TPSA) is 55.6 Å². The van der Waals surface area contributed by atoms with Crippen LogP contribution in [0.15, 0.2) is 60.7 Å². The third-order valence-electron chi connectivity index (χ3n) is 6.29. The normalized spacial score (nSPS) is 21.5. The van der Waals surface area contributed by atoms with Crippen molar-refractivity contribution in [3.05, 3.63) is 81.9 Å². The number of rotatable bonds is 1. The lowest BCUT2D eigenvalue weighted by Crippen LogP contribution is -2.58. The zero-order valence-electron chi connectivity index (χ0n) is 16.0. The van der Waals surface area contributed by atoms with Crippen LogP contribution >= 0.6 is 0 Å². The summed E-state index contributed by atoms with van der Waals surface area (Å²) >= 11 is 0. The maximum Gasteiger partial charge on any atom is 0.277 e. The highest BCUT2D eigenvalue weighted by molar-refractivity contribution is 6.00. The Morgan fingerprint density at radius 2 is 1.82 bits per heavy atom. The third-order valence-corrected chi connectivity index (χ3v) is 6.29. The average molecular weight is 372 g/mol. The molecule has 3 aromatic rings. The number of fused-ring (bicyclic) bond motifs is 4. The molecule has 0 N–H and O–H groups in total. The van der Waals surface area contributed by atoms with E-state index in [4.69, 9.17) is 4.74 Å². The first-order valence-electron chi connectivity index (χ1n) is 9.28. The summed E-state index contributed by atoms with van der Waals surface area (Å²) in [5.41, 5.74) is 2.21. The van der Waals surface area contributed by atoms with Crippen molar-refractivity contribution in [1.29, 1.82) is 0 Å². The van der Waals surface area contributed by atoms with Gasteiger partial charge in [-0.05, 0) is 49.1 Å². The van der Waals surface area contributed by atoms with Crippen LogP contribution in [0.25, 0.3) is 16.8 Å². The highest BCUT2D eigenvalue weighted by Gasteiger charge is 2.57. The zero-order valence-corrected chi connectivity index (χ0v) is 16.0. The molecule has 2 aliphatic heterocycles. The van der Waals surface area contributed by atoms with Crippen LogP contribution in [0, 0.1) is 10.1 Å².